The van der Waals surface area contributed by atoms with Gasteiger partial charge in [0.1, 0.15) is 5.75 Å². The molecular formula is C27H31FN2O3. The lowest BCUT2D eigenvalue weighted by molar-refractivity contribution is -0.114. The number of halogens is 1. The largest absolute Gasteiger partial charge is 0.497 e. The van der Waals surface area contributed by atoms with E-state index >= 15 is 4.39 Å². The van der Waals surface area contributed by atoms with Crippen molar-refractivity contribution in [3.63, 3.8) is 0 Å². The van der Waals surface area contributed by atoms with Gasteiger partial charge in [0.15, 0.2) is 0 Å². The van der Waals surface area contributed by atoms with Crippen LogP contribution in [0.25, 0.3) is 0 Å². The Balaban J connectivity index is 1.79. The molecule has 0 bridgehead atoms. The Morgan fingerprint density at radius 2 is 1.64 bits per heavy atom. The van der Waals surface area contributed by atoms with Crippen molar-refractivity contribution in [2.24, 2.45) is 0 Å². The molecule has 0 unspecified atom stereocenters. The lowest BCUT2D eigenvalue weighted by Crippen LogP contribution is -2.58. The van der Waals surface area contributed by atoms with Gasteiger partial charge in [-0.1, -0.05) is 60.7 Å². The molecule has 3 aromatic rings. The molecule has 3 N–H and O–H groups in total. The fourth-order valence-electron chi connectivity index (χ4n) is 3.58. The third-order valence-electron chi connectivity index (χ3n) is 5.73. The number of aliphatic hydroxyl groups is 1. The zero-order valence-corrected chi connectivity index (χ0v) is 19.2. The number of ether oxygens (including phenoxy) is 1. The molecule has 0 aliphatic heterocycles. The number of nitrogens with one attached hydrogen (secondary N) is 2. The smallest absolute Gasteiger partial charge is 0.251 e. The molecule has 1 amide bonds. The van der Waals surface area contributed by atoms with Gasteiger partial charge in [0, 0.05) is 11.1 Å². The Kier molecular flexibility index (Phi) is 7.84. The van der Waals surface area contributed by atoms with Crippen molar-refractivity contribution in [1.29, 1.82) is 0 Å². The first-order valence-electron chi connectivity index (χ1n) is 10.9. The summed E-state index contributed by atoms with van der Waals surface area (Å²) < 4.78 is 21.0. The zero-order chi connectivity index (χ0) is 23.9. The summed E-state index contributed by atoms with van der Waals surface area (Å²) in [7, 11) is 1.59. The molecule has 0 heterocycles. The molecule has 174 valence electrons. The summed E-state index contributed by atoms with van der Waals surface area (Å²) in [5, 5.41) is 16.7. The summed E-state index contributed by atoms with van der Waals surface area (Å²) in [5.74, 6) is -2.47. The molecule has 3 aromatic carbocycles. The quantitative estimate of drug-likeness (QED) is 0.433. The maximum atomic E-state index is 15.8. The highest BCUT2D eigenvalue weighted by Crippen LogP contribution is 2.26. The average Bonchev–Trinajstić information content (AvgIpc) is 2.83. The SMILES string of the molecule is COc1cccc(C(C)(C)NC[C@@](O)(F)[C@H](Cc2ccccc2)NC(=O)c2ccccc2)c1. The number of rotatable bonds is 10. The van der Waals surface area contributed by atoms with E-state index in [2.05, 4.69) is 10.6 Å². The maximum absolute atomic E-state index is 15.8. The van der Waals surface area contributed by atoms with E-state index in [9.17, 15) is 9.90 Å². The summed E-state index contributed by atoms with van der Waals surface area (Å²) in [6.07, 6.45) is 0.133. The Hall–Kier alpha value is -3.22. The average molecular weight is 451 g/mol. The van der Waals surface area contributed by atoms with E-state index in [1.165, 1.54) is 0 Å². The highest BCUT2D eigenvalue weighted by atomic mass is 19.2. The summed E-state index contributed by atoms with van der Waals surface area (Å²) >= 11 is 0. The number of alkyl halides is 1. The minimum absolute atomic E-state index is 0.133. The molecule has 0 radical (unpaired) electrons. The Morgan fingerprint density at radius 3 is 2.27 bits per heavy atom. The molecular weight excluding hydrogens is 419 g/mol. The maximum Gasteiger partial charge on any atom is 0.251 e. The topological polar surface area (TPSA) is 70.6 Å². The van der Waals surface area contributed by atoms with Crippen molar-refractivity contribution in [2.45, 2.75) is 37.7 Å². The van der Waals surface area contributed by atoms with E-state index in [0.717, 1.165) is 11.1 Å². The normalized spacial score (nSPS) is 14.2. The van der Waals surface area contributed by atoms with Crippen LogP contribution in [0.3, 0.4) is 0 Å². The van der Waals surface area contributed by atoms with E-state index in [-0.39, 0.29) is 13.0 Å². The number of methoxy groups -OCH3 is 1. The van der Waals surface area contributed by atoms with Crippen LogP contribution in [0.15, 0.2) is 84.9 Å². The van der Waals surface area contributed by atoms with Crippen LogP contribution in [0.1, 0.15) is 35.3 Å². The van der Waals surface area contributed by atoms with E-state index in [4.69, 9.17) is 4.74 Å². The first-order chi connectivity index (χ1) is 15.7. The highest BCUT2D eigenvalue weighted by molar-refractivity contribution is 5.94. The second-order valence-corrected chi connectivity index (χ2v) is 8.61. The highest BCUT2D eigenvalue weighted by Gasteiger charge is 2.39. The lowest BCUT2D eigenvalue weighted by atomic mass is 9.92. The predicted molar refractivity (Wildman–Crippen MR) is 128 cm³/mol. The third kappa shape index (κ3) is 6.63. The number of carbonyl (C=O) groups excluding carboxylic acids is 1. The summed E-state index contributed by atoms with van der Waals surface area (Å²) in [5.41, 5.74) is 1.43. The van der Waals surface area contributed by atoms with Gasteiger partial charge in [-0.05, 0) is 55.7 Å². The van der Waals surface area contributed by atoms with Gasteiger partial charge >= 0.3 is 0 Å². The molecule has 0 saturated carbocycles. The fraction of sp³-hybridized carbons (Fsp3) is 0.296. The summed E-state index contributed by atoms with van der Waals surface area (Å²) in [6, 6.07) is 24.1. The van der Waals surface area contributed by atoms with Crippen LogP contribution in [-0.4, -0.2) is 36.6 Å². The van der Waals surface area contributed by atoms with Gasteiger partial charge in [-0.15, -0.1) is 0 Å². The van der Waals surface area contributed by atoms with Crippen LogP contribution in [0, 0.1) is 0 Å². The Bertz CT molecular complexity index is 1040. The molecule has 6 heteroatoms. The molecule has 0 fully saturated rings. The molecule has 33 heavy (non-hydrogen) atoms. The van der Waals surface area contributed by atoms with Crippen LogP contribution in [0.4, 0.5) is 4.39 Å². The van der Waals surface area contributed by atoms with Crippen molar-refractivity contribution in [3.05, 3.63) is 102 Å². The fourth-order valence-corrected chi connectivity index (χ4v) is 3.58. The van der Waals surface area contributed by atoms with Gasteiger partial charge in [0.2, 0.25) is 5.85 Å². The van der Waals surface area contributed by atoms with E-state index in [1.54, 1.807) is 37.4 Å². The summed E-state index contributed by atoms with van der Waals surface area (Å²) in [6.45, 7) is 3.41. The van der Waals surface area contributed by atoms with Crippen LogP contribution in [-0.2, 0) is 12.0 Å². The number of amides is 1. The number of carbonyl (C=O) groups is 1. The van der Waals surface area contributed by atoms with E-state index in [0.29, 0.717) is 11.3 Å². The molecule has 0 aliphatic carbocycles. The molecule has 0 saturated heterocycles. The monoisotopic (exact) mass is 450 g/mol. The lowest BCUT2D eigenvalue weighted by Gasteiger charge is -2.35. The molecule has 0 aliphatic rings. The van der Waals surface area contributed by atoms with Gasteiger partial charge in [-0.2, -0.15) is 0 Å². The van der Waals surface area contributed by atoms with Crippen molar-refractivity contribution in [2.75, 3.05) is 13.7 Å². The number of benzene rings is 3. The van der Waals surface area contributed by atoms with Gasteiger partial charge in [0.05, 0.1) is 19.7 Å². The van der Waals surface area contributed by atoms with Crippen molar-refractivity contribution in [1.82, 2.24) is 10.6 Å². The second-order valence-electron chi connectivity index (χ2n) is 8.61. The van der Waals surface area contributed by atoms with Gasteiger partial charge < -0.3 is 20.5 Å². The van der Waals surface area contributed by atoms with Crippen molar-refractivity contribution >= 4 is 5.91 Å². The van der Waals surface area contributed by atoms with Crippen LogP contribution >= 0.6 is 0 Å². The van der Waals surface area contributed by atoms with Crippen molar-refractivity contribution in [3.8, 4) is 5.75 Å². The Labute approximate surface area is 194 Å². The first kappa shape index (κ1) is 24.4. The predicted octanol–water partition coefficient (Wildman–Crippen LogP) is 4.22. The standard InChI is InChI=1S/C27H31FN2O3/c1-26(2,22-15-10-16-23(18-22)33-3)29-19-27(28,32)24(17-20-11-6-4-7-12-20)30-25(31)21-13-8-5-9-14-21/h4-16,18,24,29,32H,17,19H2,1-3H3,(H,30,31)/t24-,27-/m0/s1. The van der Waals surface area contributed by atoms with E-state index in [1.807, 2.05) is 68.4 Å². The molecule has 3 rings (SSSR count). The van der Waals surface area contributed by atoms with Gasteiger partial charge in [0.25, 0.3) is 5.91 Å². The second kappa shape index (κ2) is 10.6. The van der Waals surface area contributed by atoms with Crippen LogP contribution in [0.2, 0.25) is 0 Å². The van der Waals surface area contributed by atoms with Crippen molar-refractivity contribution < 1.29 is 19.0 Å². The van der Waals surface area contributed by atoms with Gasteiger partial charge in [-0.3, -0.25) is 4.79 Å². The molecule has 0 spiro atoms. The van der Waals surface area contributed by atoms with Crippen LogP contribution < -0.4 is 15.4 Å². The first-order valence-corrected chi connectivity index (χ1v) is 10.9. The van der Waals surface area contributed by atoms with Gasteiger partial charge in [-0.25, -0.2) is 4.39 Å². The Morgan fingerprint density at radius 1 is 1.00 bits per heavy atom. The minimum Gasteiger partial charge on any atom is -0.497 e. The van der Waals surface area contributed by atoms with Crippen LogP contribution in [0.5, 0.6) is 5.75 Å². The third-order valence-corrected chi connectivity index (χ3v) is 5.73. The zero-order valence-electron chi connectivity index (χ0n) is 19.2. The minimum atomic E-state index is -2.71. The summed E-state index contributed by atoms with van der Waals surface area (Å²) in [4.78, 5) is 12.8. The number of hydrogen-bond donors (Lipinski definition) is 3. The number of hydrogen-bond acceptors (Lipinski definition) is 4. The molecule has 0 aromatic heterocycles. The molecule has 2 atom stereocenters. The molecule has 5 nitrogen and oxygen atoms in total. The van der Waals surface area contributed by atoms with E-state index < -0.39 is 23.3 Å².